The zero-order chi connectivity index (χ0) is 10.2. The van der Waals surface area contributed by atoms with Crippen molar-refractivity contribution in [1.82, 2.24) is 5.32 Å². The van der Waals surface area contributed by atoms with Crippen molar-refractivity contribution in [2.45, 2.75) is 32.6 Å². The van der Waals surface area contributed by atoms with Crippen LogP contribution in [0, 0.1) is 17.3 Å². The maximum atomic E-state index is 11.7. The SMILES string of the molecule is CC(C(=O)NCC1(CBr)CC1)C1CC1. The number of hydrogen-bond acceptors (Lipinski definition) is 1. The van der Waals surface area contributed by atoms with Crippen molar-refractivity contribution in [3.8, 4) is 0 Å². The lowest BCUT2D eigenvalue weighted by Gasteiger charge is -2.15. The minimum absolute atomic E-state index is 0.237. The van der Waals surface area contributed by atoms with Gasteiger partial charge in [0.25, 0.3) is 0 Å². The summed E-state index contributed by atoms with van der Waals surface area (Å²) in [6.07, 6.45) is 5.02. The van der Waals surface area contributed by atoms with Gasteiger partial charge in [-0.15, -0.1) is 0 Å². The summed E-state index contributed by atoms with van der Waals surface area (Å²) in [6.45, 7) is 2.93. The molecule has 80 valence electrons. The van der Waals surface area contributed by atoms with Crippen LogP contribution in [0.4, 0.5) is 0 Å². The number of halogens is 1. The fraction of sp³-hybridized carbons (Fsp3) is 0.909. The molecule has 0 spiro atoms. The zero-order valence-corrected chi connectivity index (χ0v) is 10.3. The molecule has 0 aromatic rings. The Bertz CT molecular complexity index is 233. The van der Waals surface area contributed by atoms with Crippen LogP contribution >= 0.6 is 15.9 Å². The highest BCUT2D eigenvalue weighted by Crippen LogP contribution is 2.46. The number of hydrogen-bond donors (Lipinski definition) is 1. The molecule has 2 aliphatic carbocycles. The lowest BCUT2D eigenvalue weighted by atomic mass is 10.0. The molecule has 0 aliphatic heterocycles. The van der Waals surface area contributed by atoms with E-state index in [1.165, 1.54) is 25.7 Å². The molecule has 2 nitrogen and oxygen atoms in total. The van der Waals surface area contributed by atoms with Crippen molar-refractivity contribution in [3.05, 3.63) is 0 Å². The summed E-state index contributed by atoms with van der Waals surface area (Å²) < 4.78 is 0. The maximum Gasteiger partial charge on any atom is 0.223 e. The Balaban J connectivity index is 1.71. The lowest BCUT2D eigenvalue weighted by Crippen LogP contribution is -2.35. The number of amides is 1. The quantitative estimate of drug-likeness (QED) is 0.755. The van der Waals surface area contributed by atoms with E-state index in [2.05, 4.69) is 28.2 Å². The Morgan fingerprint density at radius 3 is 2.64 bits per heavy atom. The number of alkyl halides is 1. The van der Waals surface area contributed by atoms with E-state index in [1.54, 1.807) is 0 Å². The van der Waals surface area contributed by atoms with Gasteiger partial charge in [0.15, 0.2) is 0 Å². The summed E-state index contributed by atoms with van der Waals surface area (Å²) in [7, 11) is 0. The van der Waals surface area contributed by atoms with Gasteiger partial charge in [-0.3, -0.25) is 4.79 Å². The first-order chi connectivity index (χ1) is 6.67. The number of nitrogens with one attached hydrogen (secondary N) is 1. The average Bonchev–Trinajstić information content (AvgIpc) is 3.04. The maximum absolute atomic E-state index is 11.7. The molecule has 14 heavy (non-hydrogen) atoms. The second-order valence-electron chi connectivity index (χ2n) is 4.98. The highest BCUT2D eigenvalue weighted by atomic mass is 79.9. The molecule has 1 amide bonds. The van der Waals surface area contributed by atoms with E-state index in [4.69, 9.17) is 0 Å². The van der Waals surface area contributed by atoms with Gasteiger partial charge in [0.1, 0.15) is 0 Å². The molecule has 2 rings (SSSR count). The van der Waals surface area contributed by atoms with Gasteiger partial charge in [-0.05, 0) is 37.0 Å². The van der Waals surface area contributed by atoms with Crippen molar-refractivity contribution >= 4 is 21.8 Å². The first-order valence-corrected chi connectivity index (χ1v) is 6.63. The van der Waals surface area contributed by atoms with Gasteiger partial charge < -0.3 is 5.32 Å². The van der Waals surface area contributed by atoms with Gasteiger partial charge in [0.2, 0.25) is 5.91 Å². The van der Waals surface area contributed by atoms with Gasteiger partial charge in [0, 0.05) is 17.8 Å². The van der Waals surface area contributed by atoms with E-state index >= 15 is 0 Å². The Hall–Kier alpha value is -0.0500. The minimum atomic E-state index is 0.237. The minimum Gasteiger partial charge on any atom is -0.355 e. The van der Waals surface area contributed by atoms with Gasteiger partial charge >= 0.3 is 0 Å². The molecule has 0 aromatic heterocycles. The molecule has 2 fully saturated rings. The molecule has 2 aliphatic rings. The first kappa shape index (κ1) is 10.5. The van der Waals surface area contributed by atoms with Crippen LogP contribution in [0.25, 0.3) is 0 Å². The molecule has 2 saturated carbocycles. The zero-order valence-electron chi connectivity index (χ0n) is 8.68. The van der Waals surface area contributed by atoms with Crippen molar-refractivity contribution in [1.29, 1.82) is 0 Å². The van der Waals surface area contributed by atoms with E-state index < -0.39 is 0 Å². The van der Waals surface area contributed by atoms with E-state index in [-0.39, 0.29) is 11.8 Å². The number of rotatable bonds is 5. The summed E-state index contributed by atoms with van der Waals surface area (Å²) in [6, 6.07) is 0. The normalized spacial score (nSPS) is 25.6. The van der Waals surface area contributed by atoms with Gasteiger partial charge in [-0.25, -0.2) is 0 Å². The van der Waals surface area contributed by atoms with E-state index in [1.807, 2.05) is 0 Å². The number of carbonyl (C=O) groups is 1. The van der Waals surface area contributed by atoms with Crippen LogP contribution in [0.5, 0.6) is 0 Å². The third kappa shape index (κ3) is 2.30. The lowest BCUT2D eigenvalue weighted by molar-refractivity contribution is -0.125. The Morgan fingerprint density at radius 1 is 1.57 bits per heavy atom. The standard InChI is InChI=1S/C11H18BrNO/c1-8(9-2-3-9)10(14)13-7-11(6-12)4-5-11/h8-9H,2-7H2,1H3,(H,13,14). The second-order valence-corrected chi connectivity index (χ2v) is 5.54. The first-order valence-electron chi connectivity index (χ1n) is 5.51. The van der Waals surface area contributed by atoms with Gasteiger partial charge in [-0.1, -0.05) is 22.9 Å². The molecule has 1 N–H and O–H groups in total. The molecule has 0 bridgehead atoms. The summed E-state index contributed by atoms with van der Waals surface area (Å²) in [5.41, 5.74) is 0.402. The fourth-order valence-corrected chi connectivity index (χ4v) is 2.54. The van der Waals surface area contributed by atoms with Crippen LogP contribution in [-0.4, -0.2) is 17.8 Å². The molecule has 0 saturated heterocycles. The van der Waals surface area contributed by atoms with Crippen LogP contribution in [0.1, 0.15) is 32.6 Å². The van der Waals surface area contributed by atoms with Crippen LogP contribution in [0.2, 0.25) is 0 Å². The van der Waals surface area contributed by atoms with Crippen molar-refractivity contribution in [2.24, 2.45) is 17.3 Å². The predicted molar refractivity (Wildman–Crippen MR) is 60.4 cm³/mol. The summed E-state index contributed by atoms with van der Waals surface area (Å²) in [5, 5.41) is 4.11. The number of carbonyl (C=O) groups excluding carboxylic acids is 1. The molecular weight excluding hydrogens is 242 g/mol. The highest BCUT2D eigenvalue weighted by molar-refractivity contribution is 9.09. The Labute approximate surface area is 94.0 Å². The van der Waals surface area contributed by atoms with E-state index in [0.717, 1.165) is 11.9 Å². The Kier molecular flexibility index (Phi) is 2.87. The molecule has 1 atom stereocenters. The third-order valence-corrected chi connectivity index (χ3v) is 4.81. The average molecular weight is 260 g/mol. The summed E-state index contributed by atoms with van der Waals surface area (Å²) >= 11 is 3.51. The van der Waals surface area contributed by atoms with Crippen molar-refractivity contribution in [2.75, 3.05) is 11.9 Å². The van der Waals surface area contributed by atoms with Crippen LogP contribution in [0.15, 0.2) is 0 Å². The van der Waals surface area contributed by atoms with E-state index in [9.17, 15) is 4.79 Å². The van der Waals surface area contributed by atoms with Crippen molar-refractivity contribution in [3.63, 3.8) is 0 Å². The van der Waals surface area contributed by atoms with Crippen LogP contribution < -0.4 is 5.32 Å². The van der Waals surface area contributed by atoms with Crippen molar-refractivity contribution < 1.29 is 4.79 Å². The molecule has 0 radical (unpaired) electrons. The largest absolute Gasteiger partial charge is 0.355 e. The van der Waals surface area contributed by atoms with Gasteiger partial charge in [-0.2, -0.15) is 0 Å². The molecule has 1 unspecified atom stereocenters. The van der Waals surface area contributed by atoms with Crippen LogP contribution in [-0.2, 0) is 4.79 Å². The highest BCUT2D eigenvalue weighted by Gasteiger charge is 2.42. The van der Waals surface area contributed by atoms with E-state index in [0.29, 0.717) is 11.3 Å². The predicted octanol–water partition coefficient (Wildman–Crippen LogP) is 2.32. The molecule has 3 heteroatoms. The molecule has 0 aromatic carbocycles. The Morgan fingerprint density at radius 2 is 2.21 bits per heavy atom. The smallest absolute Gasteiger partial charge is 0.223 e. The molecule has 0 heterocycles. The van der Waals surface area contributed by atoms with Crippen LogP contribution in [0.3, 0.4) is 0 Å². The van der Waals surface area contributed by atoms with Gasteiger partial charge in [0.05, 0.1) is 0 Å². The summed E-state index contributed by atoms with van der Waals surface area (Å²) in [4.78, 5) is 11.7. The fourth-order valence-electron chi connectivity index (χ4n) is 1.78. The topological polar surface area (TPSA) is 29.1 Å². The third-order valence-electron chi connectivity index (χ3n) is 3.62. The second kappa shape index (κ2) is 3.84. The molecular formula is C11H18BrNO. The summed E-state index contributed by atoms with van der Waals surface area (Å²) in [5.74, 6) is 1.18. The monoisotopic (exact) mass is 259 g/mol.